The highest BCUT2D eigenvalue weighted by molar-refractivity contribution is 9.10. The lowest BCUT2D eigenvalue weighted by molar-refractivity contribution is -0.121. The van der Waals surface area contributed by atoms with Crippen molar-refractivity contribution in [2.75, 3.05) is 13.1 Å². The molecule has 2 rings (SSSR count). The summed E-state index contributed by atoms with van der Waals surface area (Å²) in [6, 6.07) is 1.74. The molecule has 1 saturated heterocycles. The molecule has 0 unspecified atom stereocenters. The quantitative estimate of drug-likeness (QED) is 0.894. The van der Waals surface area contributed by atoms with E-state index in [2.05, 4.69) is 15.9 Å². The highest BCUT2D eigenvalue weighted by Gasteiger charge is 2.32. The van der Waals surface area contributed by atoms with Gasteiger partial charge in [-0.15, -0.1) is 0 Å². The minimum atomic E-state index is -0.349. The van der Waals surface area contributed by atoms with Crippen LogP contribution < -0.4 is 5.73 Å². The first kappa shape index (κ1) is 12.2. The van der Waals surface area contributed by atoms with Gasteiger partial charge in [-0.1, -0.05) is 0 Å². The van der Waals surface area contributed by atoms with Crippen molar-refractivity contribution in [3.05, 3.63) is 22.1 Å². The van der Waals surface area contributed by atoms with Crippen LogP contribution >= 0.6 is 15.9 Å². The van der Waals surface area contributed by atoms with Crippen molar-refractivity contribution in [3.63, 3.8) is 0 Å². The van der Waals surface area contributed by atoms with Crippen molar-refractivity contribution < 1.29 is 14.0 Å². The topological polar surface area (TPSA) is 76.5 Å². The van der Waals surface area contributed by atoms with Gasteiger partial charge in [0.1, 0.15) is 0 Å². The smallest absolute Gasteiger partial charge is 0.289 e. The molecule has 5 nitrogen and oxygen atoms in total. The highest BCUT2D eigenvalue weighted by Crippen LogP contribution is 2.24. The third-order valence-corrected chi connectivity index (χ3v) is 3.35. The Bertz CT molecular complexity index is 469. The van der Waals surface area contributed by atoms with Gasteiger partial charge in [-0.05, 0) is 35.3 Å². The first-order valence-corrected chi connectivity index (χ1v) is 6.13. The summed E-state index contributed by atoms with van der Waals surface area (Å²) in [7, 11) is 0. The second-order valence-corrected chi connectivity index (χ2v) is 4.98. The maximum absolute atomic E-state index is 12.1. The van der Waals surface area contributed by atoms with Crippen LogP contribution in [0.2, 0.25) is 0 Å². The minimum Gasteiger partial charge on any atom is -0.444 e. The van der Waals surface area contributed by atoms with Gasteiger partial charge in [-0.25, -0.2) is 0 Å². The number of nitrogens with zero attached hydrogens (tertiary/aromatic N) is 1. The van der Waals surface area contributed by atoms with E-state index >= 15 is 0 Å². The SMILES string of the molecule is Cc1cc(Br)oc1C(=O)N1CC[C@@H](C(N)=O)C1. The fourth-order valence-corrected chi connectivity index (χ4v) is 2.48. The number of hydrogen-bond acceptors (Lipinski definition) is 3. The summed E-state index contributed by atoms with van der Waals surface area (Å²) in [5.74, 6) is -0.450. The number of carbonyl (C=O) groups is 2. The molecule has 1 atom stereocenters. The predicted octanol–water partition coefficient (Wildman–Crippen LogP) is 1.30. The Kier molecular flexibility index (Phi) is 3.24. The number of primary amides is 1. The van der Waals surface area contributed by atoms with E-state index < -0.39 is 0 Å². The van der Waals surface area contributed by atoms with Gasteiger partial charge in [0.25, 0.3) is 5.91 Å². The van der Waals surface area contributed by atoms with Crippen LogP contribution in [0.25, 0.3) is 0 Å². The summed E-state index contributed by atoms with van der Waals surface area (Å²) < 4.78 is 5.82. The molecule has 1 aliphatic rings. The van der Waals surface area contributed by atoms with Gasteiger partial charge in [0.15, 0.2) is 10.4 Å². The molecule has 0 saturated carbocycles. The number of carbonyl (C=O) groups excluding carboxylic acids is 2. The van der Waals surface area contributed by atoms with Crippen LogP contribution in [0.3, 0.4) is 0 Å². The Hall–Kier alpha value is -1.30. The Morgan fingerprint density at radius 3 is 2.76 bits per heavy atom. The number of halogens is 1. The summed E-state index contributed by atoms with van der Waals surface area (Å²) in [6.45, 7) is 2.74. The van der Waals surface area contributed by atoms with Crippen molar-refractivity contribution in [1.29, 1.82) is 0 Å². The first-order chi connectivity index (χ1) is 7.99. The lowest BCUT2D eigenvalue weighted by Gasteiger charge is -2.14. The molecule has 17 heavy (non-hydrogen) atoms. The molecule has 6 heteroatoms. The molecule has 2 N–H and O–H groups in total. The maximum atomic E-state index is 12.1. The van der Waals surface area contributed by atoms with Crippen LogP contribution in [0.1, 0.15) is 22.5 Å². The summed E-state index contributed by atoms with van der Waals surface area (Å²) in [5.41, 5.74) is 6.01. The second kappa shape index (κ2) is 4.52. The van der Waals surface area contributed by atoms with Gasteiger partial charge in [0.2, 0.25) is 5.91 Å². The highest BCUT2D eigenvalue weighted by atomic mass is 79.9. The van der Waals surface area contributed by atoms with Gasteiger partial charge in [0, 0.05) is 18.7 Å². The summed E-state index contributed by atoms with van der Waals surface area (Å²) in [4.78, 5) is 24.7. The van der Waals surface area contributed by atoms with Gasteiger partial charge < -0.3 is 15.1 Å². The molecule has 2 amide bonds. The third kappa shape index (κ3) is 2.36. The molecular formula is C11H13BrN2O3. The number of likely N-dealkylation sites (tertiary alicyclic amines) is 1. The van der Waals surface area contributed by atoms with Gasteiger partial charge in [0.05, 0.1) is 5.92 Å². The molecule has 1 aromatic rings. The fraction of sp³-hybridized carbons (Fsp3) is 0.455. The van der Waals surface area contributed by atoms with Crippen molar-refractivity contribution in [2.24, 2.45) is 11.7 Å². The van der Waals surface area contributed by atoms with Crippen LogP contribution in [0.4, 0.5) is 0 Å². The van der Waals surface area contributed by atoms with Crippen molar-refractivity contribution in [1.82, 2.24) is 4.90 Å². The minimum absolute atomic E-state index is 0.183. The van der Waals surface area contributed by atoms with E-state index in [1.807, 2.05) is 6.92 Å². The zero-order valence-electron chi connectivity index (χ0n) is 9.40. The zero-order chi connectivity index (χ0) is 12.6. The molecule has 0 aliphatic carbocycles. The van der Waals surface area contributed by atoms with Crippen LogP contribution in [0.15, 0.2) is 15.2 Å². The second-order valence-electron chi connectivity index (χ2n) is 4.20. The number of hydrogen-bond donors (Lipinski definition) is 1. The number of amides is 2. The third-order valence-electron chi connectivity index (χ3n) is 2.96. The summed E-state index contributed by atoms with van der Waals surface area (Å²) in [5, 5.41) is 0. The van der Waals surface area contributed by atoms with Crippen LogP contribution in [0.5, 0.6) is 0 Å². The van der Waals surface area contributed by atoms with Crippen LogP contribution in [0, 0.1) is 12.8 Å². The van der Waals surface area contributed by atoms with E-state index in [4.69, 9.17) is 10.2 Å². The average Bonchev–Trinajstić information content (AvgIpc) is 2.84. The Morgan fingerprint density at radius 2 is 2.29 bits per heavy atom. The van der Waals surface area contributed by atoms with Crippen molar-refractivity contribution in [3.8, 4) is 0 Å². The lowest BCUT2D eigenvalue weighted by atomic mass is 10.1. The molecule has 0 radical (unpaired) electrons. The largest absolute Gasteiger partial charge is 0.444 e. The molecule has 1 aliphatic heterocycles. The number of nitrogens with two attached hydrogens (primary N) is 1. The maximum Gasteiger partial charge on any atom is 0.289 e. The molecule has 2 heterocycles. The van der Waals surface area contributed by atoms with E-state index in [0.717, 1.165) is 5.56 Å². The van der Waals surface area contributed by atoms with Crippen molar-refractivity contribution >= 4 is 27.7 Å². The molecule has 1 aromatic heterocycles. The van der Waals surface area contributed by atoms with Gasteiger partial charge in [-0.3, -0.25) is 9.59 Å². The molecule has 0 bridgehead atoms. The van der Waals surface area contributed by atoms with E-state index in [1.54, 1.807) is 11.0 Å². The summed E-state index contributed by atoms with van der Waals surface area (Å²) >= 11 is 3.18. The fourth-order valence-electron chi connectivity index (χ4n) is 1.98. The lowest BCUT2D eigenvalue weighted by Crippen LogP contribution is -2.31. The van der Waals surface area contributed by atoms with Gasteiger partial charge in [-0.2, -0.15) is 0 Å². The number of rotatable bonds is 2. The van der Waals surface area contributed by atoms with Crippen molar-refractivity contribution in [2.45, 2.75) is 13.3 Å². The molecule has 92 valence electrons. The Morgan fingerprint density at radius 1 is 1.59 bits per heavy atom. The summed E-state index contributed by atoms with van der Waals surface area (Å²) in [6.07, 6.45) is 0.627. The number of furan rings is 1. The standard InChI is InChI=1S/C11H13BrN2O3/c1-6-4-8(12)17-9(6)11(16)14-3-2-7(5-14)10(13)15/h4,7H,2-3,5H2,1H3,(H2,13,15)/t7-/m1/s1. The first-order valence-electron chi connectivity index (χ1n) is 5.33. The van der Waals surface area contributed by atoms with E-state index in [0.29, 0.717) is 29.9 Å². The molecular weight excluding hydrogens is 288 g/mol. The predicted molar refractivity (Wildman–Crippen MR) is 64.3 cm³/mol. The normalized spacial score (nSPS) is 19.6. The molecule has 1 fully saturated rings. The monoisotopic (exact) mass is 300 g/mol. The Labute approximate surface area is 107 Å². The molecule has 0 aromatic carbocycles. The van der Waals surface area contributed by atoms with E-state index in [-0.39, 0.29) is 17.7 Å². The van der Waals surface area contributed by atoms with Gasteiger partial charge >= 0.3 is 0 Å². The van der Waals surface area contributed by atoms with E-state index in [1.165, 1.54) is 0 Å². The van der Waals surface area contributed by atoms with Crippen LogP contribution in [-0.2, 0) is 4.79 Å². The average molecular weight is 301 g/mol. The number of aryl methyl sites for hydroxylation is 1. The zero-order valence-corrected chi connectivity index (χ0v) is 11.0. The van der Waals surface area contributed by atoms with Crippen LogP contribution in [-0.4, -0.2) is 29.8 Å². The molecule has 0 spiro atoms. The Balaban J connectivity index is 2.12. The van der Waals surface area contributed by atoms with E-state index in [9.17, 15) is 9.59 Å².